The molecule has 20 heavy (non-hydrogen) atoms. The minimum absolute atomic E-state index is 0.00240. The molecule has 0 aromatic heterocycles. The first-order chi connectivity index (χ1) is 9.40. The summed E-state index contributed by atoms with van der Waals surface area (Å²) in [4.78, 5) is 12.3. The number of esters is 1. The molecule has 108 valence electrons. The van der Waals surface area contributed by atoms with Gasteiger partial charge in [0.1, 0.15) is 6.61 Å². The second-order valence-electron chi connectivity index (χ2n) is 6.49. The second-order valence-corrected chi connectivity index (χ2v) is 6.49. The van der Waals surface area contributed by atoms with Crippen LogP contribution in [0, 0.1) is 11.3 Å². The summed E-state index contributed by atoms with van der Waals surface area (Å²) in [5.74, 6) is -0.0637. The lowest BCUT2D eigenvalue weighted by molar-refractivity contribution is -0.151. The first kappa shape index (κ1) is 14.8. The summed E-state index contributed by atoms with van der Waals surface area (Å²) in [7, 11) is 0. The zero-order valence-electron chi connectivity index (χ0n) is 12.9. The molecule has 2 rings (SSSR count). The van der Waals surface area contributed by atoms with Crippen LogP contribution < -0.4 is 0 Å². The molecule has 2 heteroatoms. The first-order valence-electron chi connectivity index (χ1n) is 7.27. The number of ether oxygens (including phenoxy) is 1. The van der Waals surface area contributed by atoms with Crippen molar-refractivity contribution in [3.63, 3.8) is 0 Å². The van der Waals surface area contributed by atoms with E-state index in [9.17, 15) is 4.79 Å². The number of hydrogen-bond acceptors (Lipinski definition) is 2. The number of allylic oxidation sites excluding steroid dienone is 2. The molecular formula is C18H24O2. The average molecular weight is 272 g/mol. The van der Waals surface area contributed by atoms with Gasteiger partial charge in [0.25, 0.3) is 0 Å². The molecule has 2 nitrogen and oxygen atoms in total. The van der Waals surface area contributed by atoms with Crippen LogP contribution >= 0.6 is 0 Å². The molecule has 0 aliphatic heterocycles. The van der Waals surface area contributed by atoms with Crippen molar-refractivity contribution >= 4 is 5.97 Å². The molecule has 1 aliphatic rings. The fraction of sp³-hybridized carbons (Fsp3) is 0.500. The SMILES string of the molecule is CC1=C(C)C(C)(C)C[C@@H](C(=O)OCc2ccccc2)C1. The smallest absolute Gasteiger partial charge is 0.309 e. The first-order valence-corrected chi connectivity index (χ1v) is 7.27. The predicted molar refractivity (Wildman–Crippen MR) is 81.1 cm³/mol. The van der Waals surface area contributed by atoms with Crippen molar-refractivity contribution in [2.75, 3.05) is 0 Å². The Hall–Kier alpha value is -1.57. The number of carbonyl (C=O) groups excluding carboxylic acids is 1. The normalized spacial score (nSPS) is 21.7. The van der Waals surface area contributed by atoms with E-state index in [0.29, 0.717) is 6.61 Å². The highest BCUT2D eigenvalue weighted by molar-refractivity contribution is 5.73. The minimum atomic E-state index is -0.0613. The van der Waals surface area contributed by atoms with E-state index < -0.39 is 0 Å². The van der Waals surface area contributed by atoms with Crippen LogP contribution in [-0.2, 0) is 16.1 Å². The van der Waals surface area contributed by atoms with Crippen LogP contribution in [0.1, 0.15) is 46.1 Å². The third kappa shape index (κ3) is 3.30. The van der Waals surface area contributed by atoms with Gasteiger partial charge in [-0.15, -0.1) is 0 Å². The van der Waals surface area contributed by atoms with Gasteiger partial charge in [0.15, 0.2) is 0 Å². The maximum atomic E-state index is 12.3. The largest absolute Gasteiger partial charge is 0.461 e. The Morgan fingerprint density at radius 2 is 1.90 bits per heavy atom. The Labute approximate surface area is 121 Å². The Kier molecular flexibility index (Phi) is 4.32. The molecule has 0 fully saturated rings. The van der Waals surface area contributed by atoms with Gasteiger partial charge in [-0.05, 0) is 37.7 Å². The van der Waals surface area contributed by atoms with Crippen LogP contribution in [0.4, 0.5) is 0 Å². The van der Waals surface area contributed by atoms with Crippen LogP contribution in [0.25, 0.3) is 0 Å². The van der Waals surface area contributed by atoms with E-state index in [-0.39, 0.29) is 17.3 Å². The van der Waals surface area contributed by atoms with Gasteiger partial charge in [-0.2, -0.15) is 0 Å². The number of rotatable bonds is 3. The summed E-state index contributed by atoms with van der Waals surface area (Å²) in [5, 5.41) is 0. The summed E-state index contributed by atoms with van der Waals surface area (Å²) in [6, 6.07) is 9.85. The van der Waals surface area contributed by atoms with Crippen LogP contribution in [0.5, 0.6) is 0 Å². The molecule has 0 spiro atoms. The standard InChI is InChI=1S/C18H24O2/c1-13-10-16(11-18(3,4)14(13)2)17(19)20-12-15-8-6-5-7-9-15/h5-9,16H,10-12H2,1-4H3/t16-/m0/s1. The number of benzene rings is 1. The van der Waals surface area contributed by atoms with Crippen molar-refractivity contribution < 1.29 is 9.53 Å². The molecule has 0 heterocycles. The van der Waals surface area contributed by atoms with Crippen molar-refractivity contribution in [3.05, 3.63) is 47.0 Å². The molecule has 0 unspecified atom stereocenters. The molecule has 0 bridgehead atoms. The van der Waals surface area contributed by atoms with E-state index in [1.165, 1.54) is 11.1 Å². The van der Waals surface area contributed by atoms with Gasteiger partial charge in [0.2, 0.25) is 0 Å². The Balaban J connectivity index is 1.98. The van der Waals surface area contributed by atoms with E-state index >= 15 is 0 Å². The van der Waals surface area contributed by atoms with E-state index in [1.54, 1.807) is 0 Å². The molecule has 1 aromatic carbocycles. The topological polar surface area (TPSA) is 26.3 Å². The van der Waals surface area contributed by atoms with Crippen molar-refractivity contribution in [3.8, 4) is 0 Å². The zero-order valence-corrected chi connectivity index (χ0v) is 12.9. The summed E-state index contributed by atoms with van der Waals surface area (Å²) in [5.41, 5.74) is 3.89. The molecule has 0 N–H and O–H groups in total. The predicted octanol–water partition coefficient (Wildman–Crippen LogP) is 4.50. The van der Waals surface area contributed by atoms with Crippen LogP contribution in [0.2, 0.25) is 0 Å². The Bertz CT molecular complexity index is 511. The fourth-order valence-corrected chi connectivity index (χ4v) is 2.95. The van der Waals surface area contributed by atoms with E-state index in [2.05, 4.69) is 27.7 Å². The monoisotopic (exact) mass is 272 g/mol. The van der Waals surface area contributed by atoms with E-state index in [1.807, 2.05) is 30.3 Å². The average Bonchev–Trinajstić information content (AvgIpc) is 2.42. The van der Waals surface area contributed by atoms with Gasteiger partial charge in [-0.25, -0.2) is 0 Å². The van der Waals surface area contributed by atoms with E-state index in [0.717, 1.165) is 18.4 Å². The lowest BCUT2D eigenvalue weighted by Crippen LogP contribution is -2.30. The minimum Gasteiger partial charge on any atom is -0.461 e. The zero-order chi connectivity index (χ0) is 14.8. The molecule has 1 atom stereocenters. The second kappa shape index (κ2) is 5.82. The maximum absolute atomic E-state index is 12.3. The lowest BCUT2D eigenvalue weighted by atomic mass is 9.69. The van der Waals surface area contributed by atoms with Crippen LogP contribution in [0.3, 0.4) is 0 Å². The van der Waals surface area contributed by atoms with Crippen LogP contribution in [-0.4, -0.2) is 5.97 Å². The molecular weight excluding hydrogens is 248 g/mol. The van der Waals surface area contributed by atoms with Crippen LogP contribution in [0.15, 0.2) is 41.5 Å². The van der Waals surface area contributed by atoms with E-state index in [4.69, 9.17) is 4.74 Å². The van der Waals surface area contributed by atoms with Gasteiger partial charge >= 0.3 is 5.97 Å². The van der Waals surface area contributed by atoms with Gasteiger partial charge in [0, 0.05) is 0 Å². The maximum Gasteiger partial charge on any atom is 0.309 e. The van der Waals surface area contributed by atoms with Gasteiger partial charge in [-0.1, -0.05) is 55.3 Å². The van der Waals surface area contributed by atoms with Crippen molar-refractivity contribution in [2.45, 2.75) is 47.1 Å². The summed E-state index contributed by atoms with van der Waals surface area (Å²) in [6.07, 6.45) is 1.71. The van der Waals surface area contributed by atoms with Gasteiger partial charge in [0.05, 0.1) is 5.92 Å². The molecule has 1 aromatic rings. The van der Waals surface area contributed by atoms with Gasteiger partial charge in [-0.3, -0.25) is 4.79 Å². The van der Waals surface area contributed by atoms with Crippen molar-refractivity contribution in [2.24, 2.45) is 11.3 Å². The number of carbonyl (C=O) groups is 1. The summed E-state index contributed by atoms with van der Waals surface area (Å²) in [6.45, 7) is 9.11. The number of hydrogen-bond donors (Lipinski definition) is 0. The van der Waals surface area contributed by atoms with Crippen molar-refractivity contribution in [1.29, 1.82) is 0 Å². The summed E-state index contributed by atoms with van der Waals surface area (Å²) >= 11 is 0. The Morgan fingerprint density at radius 3 is 2.50 bits per heavy atom. The highest BCUT2D eigenvalue weighted by Crippen LogP contribution is 2.42. The third-order valence-electron chi connectivity index (χ3n) is 4.52. The third-order valence-corrected chi connectivity index (χ3v) is 4.52. The highest BCUT2D eigenvalue weighted by atomic mass is 16.5. The molecule has 0 saturated heterocycles. The summed E-state index contributed by atoms with van der Waals surface area (Å²) < 4.78 is 5.48. The lowest BCUT2D eigenvalue weighted by Gasteiger charge is -2.36. The van der Waals surface area contributed by atoms with Gasteiger partial charge < -0.3 is 4.74 Å². The molecule has 0 amide bonds. The molecule has 0 radical (unpaired) electrons. The molecule has 1 aliphatic carbocycles. The molecule has 0 saturated carbocycles. The van der Waals surface area contributed by atoms with Crippen molar-refractivity contribution in [1.82, 2.24) is 0 Å². The fourth-order valence-electron chi connectivity index (χ4n) is 2.95. The Morgan fingerprint density at radius 1 is 1.25 bits per heavy atom. The quantitative estimate of drug-likeness (QED) is 0.598. The highest BCUT2D eigenvalue weighted by Gasteiger charge is 2.35.